The summed E-state index contributed by atoms with van der Waals surface area (Å²) in [6, 6.07) is -0.0845. The Kier molecular flexibility index (Phi) is 2.56. The van der Waals surface area contributed by atoms with E-state index in [0.717, 1.165) is 18.2 Å². The Hall–Kier alpha value is -0.220. The molecule has 1 fully saturated rings. The Morgan fingerprint density at radius 3 is 2.90 bits per heavy atom. The first-order chi connectivity index (χ1) is 4.72. The van der Waals surface area contributed by atoms with Gasteiger partial charge in [0.2, 0.25) is 0 Å². The fraction of sp³-hybridized carbons (Fsp3) is 0.833. The van der Waals surface area contributed by atoms with Gasteiger partial charge in [0.25, 0.3) is 5.91 Å². The lowest BCUT2D eigenvalue weighted by Gasteiger charge is -2.14. The molecule has 3 N–H and O–H groups in total. The molecule has 0 aromatic rings. The molecule has 1 aliphatic heterocycles. The van der Waals surface area contributed by atoms with Gasteiger partial charge in [-0.15, -0.1) is 11.8 Å². The third-order valence-corrected chi connectivity index (χ3v) is 2.45. The maximum absolute atomic E-state index is 11.2. The molecule has 1 heterocycles. The lowest BCUT2D eigenvalue weighted by atomic mass is 10.3. The van der Waals surface area contributed by atoms with Crippen LogP contribution in [-0.2, 0) is 4.79 Å². The van der Waals surface area contributed by atoms with E-state index in [4.69, 9.17) is 0 Å². The largest absolute Gasteiger partial charge is 0.348 e. The standard InChI is InChI=1S/C6H12N2OS/c1-5(7)6(9)8-2-3-10-4-8/h5H,2-4,7H2,1H3/p+1. The van der Waals surface area contributed by atoms with Crippen molar-refractivity contribution in [3.05, 3.63) is 0 Å². The van der Waals surface area contributed by atoms with Gasteiger partial charge < -0.3 is 10.6 Å². The summed E-state index contributed by atoms with van der Waals surface area (Å²) in [5.74, 6) is 2.13. The molecular formula is C6H13N2OS+. The van der Waals surface area contributed by atoms with Crippen LogP contribution in [0, 0.1) is 0 Å². The Morgan fingerprint density at radius 2 is 2.50 bits per heavy atom. The van der Waals surface area contributed by atoms with Crippen molar-refractivity contribution < 1.29 is 10.5 Å². The third kappa shape index (κ3) is 1.64. The van der Waals surface area contributed by atoms with E-state index in [9.17, 15) is 4.79 Å². The molecule has 0 radical (unpaired) electrons. The van der Waals surface area contributed by atoms with E-state index < -0.39 is 0 Å². The van der Waals surface area contributed by atoms with Gasteiger partial charge in [0.15, 0.2) is 6.04 Å². The quantitative estimate of drug-likeness (QED) is 0.544. The first kappa shape index (κ1) is 7.88. The molecule has 58 valence electrons. The van der Waals surface area contributed by atoms with E-state index in [2.05, 4.69) is 5.73 Å². The van der Waals surface area contributed by atoms with E-state index >= 15 is 0 Å². The van der Waals surface area contributed by atoms with E-state index in [-0.39, 0.29) is 11.9 Å². The van der Waals surface area contributed by atoms with Crippen LogP contribution in [0.2, 0.25) is 0 Å². The van der Waals surface area contributed by atoms with Crippen LogP contribution in [-0.4, -0.2) is 35.0 Å². The lowest BCUT2D eigenvalue weighted by Crippen LogP contribution is -2.66. The van der Waals surface area contributed by atoms with Gasteiger partial charge in [-0.3, -0.25) is 4.79 Å². The lowest BCUT2D eigenvalue weighted by molar-refractivity contribution is -0.400. The number of thioether (sulfide) groups is 1. The highest BCUT2D eigenvalue weighted by molar-refractivity contribution is 7.99. The van der Waals surface area contributed by atoms with Crippen molar-refractivity contribution >= 4 is 17.7 Å². The third-order valence-electron chi connectivity index (χ3n) is 1.49. The van der Waals surface area contributed by atoms with Crippen molar-refractivity contribution in [1.29, 1.82) is 0 Å². The van der Waals surface area contributed by atoms with Crippen LogP contribution in [0.1, 0.15) is 6.92 Å². The molecule has 0 saturated carbocycles. The van der Waals surface area contributed by atoms with Crippen LogP contribution in [0.5, 0.6) is 0 Å². The van der Waals surface area contributed by atoms with Crippen LogP contribution in [0.15, 0.2) is 0 Å². The zero-order valence-electron chi connectivity index (χ0n) is 6.17. The van der Waals surface area contributed by atoms with Gasteiger partial charge in [-0.2, -0.15) is 0 Å². The Labute approximate surface area is 64.9 Å². The van der Waals surface area contributed by atoms with E-state index in [1.54, 1.807) is 11.8 Å². The van der Waals surface area contributed by atoms with Crippen LogP contribution in [0.4, 0.5) is 0 Å². The number of hydrogen-bond acceptors (Lipinski definition) is 2. The fourth-order valence-electron chi connectivity index (χ4n) is 0.900. The summed E-state index contributed by atoms with van der Waals surface area (Å²) in [6.45, 7) is 2.74. The van der Waals surface area contributed by atoms with Crippen molar-refractivity contribution in [3.8, 4) is 0 Å². The molecule has 0 aliphatic carbocycles. The highest BCUT2D eigenvalue weighted by atomic mass is 32.2. The number of nitrogens with zero attached hydrogens (tertiary/aromatic N) is 1. The van der Waals surface area contributed by atoms with Gasteiger partial charge in [-0.25, -0.2) is 0 Å². The average molecular weight is 161 g/mol. The molecule has 0 bridgehead atoms. The molecule has 1 saturated heterocycles. The minimum atomic E-state index is -0.0845. The first-order valence-electron chi connectivity index (χ1n) is 3.41. The highest BCUT2D eigenvalue weighted by Crippen LogP contribution is 2.13. The van der Waals surface area contributed by atoms with Crippen molar-refractivity contribution in [1.82, 2.24) is 4.90 Å². The fourth-order valence-corrected chi connectivity index (χ4v) is 1.85. The summed E-state index contributed by atoms with van der Waals surface area (Å²) in [5, 5.41) is 0. The second kappa shape index (κ2) is 3.25. The smallest absolute Gasteiger partial charge is 0.281 e. The molecule has 10 heavy (non-hydrogen) atoms. The van der Waals surface area contributed by atoms with Gasteiger partial charge in [-0.1, -0.05) is 0 Å². The van der Waals surface area contributed by atoms with Crippen LogP contribution >= 0.6 is 11.8 Å². The first-order valence-corrected chi connectivity index (χ1v) is 4.57. The average Bonchev–Trinajstić information content (AvgIpc) is 2.36. The molecule has 1 unspecified atom stereocenters. The minimum absolute atomic E-state index is 0.0845. The van der Waals surface area contributed by atoms with Crippen molar-refractivity contribution in [3.63, 3.8) is 0 Å². The molecular weight excluding hydrogens is 148 g/mol. The Balaban J connectivity index is 2.40. The molecule has 4 heteroatoms. The predicted molar refractivity (Wildman–Crippen MR) is 41.4 cm³/mol. The number of carbonyl (C=O) groups excluding carboxylic acids is 1. The number of hydrogen-bond donors (Lipinski definition) is 1. The topological polar surface area (TPSA) is 48.0 Å². The van der Waals surface area contributed by atoms with Crippen molar-refractivity contribution in [2.24, 2.45) is 0 Å². The Morgan fingerprint density at radius 1 is 1.80 bits per heavy atom. The Bertz CT molecular complexity index is 132. The van der Waals surface area contributed by atoms with Crippen LogP contribution in [0.3, 0.4) is 0 Å². The predicted octanol–water partition coefficient (Wildman–Crippen LogP) is -0.850. The molecule has 3 nitrogen and oxygen atoms in total. The number of rotatable bonds is 1. The molecule has 1 amide bonds. The van der Waals surface area contributed by atoms with Crippen molar-refractivity contribution in [2.75, 3.05) is 18.2 Å². The van der Waals surface area contributed by atoms with Gasteiger partial charge in [0, 0.05) is 12.3 Å². The second-order valence-corrected chi connectivity index (χ2v) is 3.61. The number of amides is 1. The summed E-state index contributed by atoms with van der Waals surface area (Å²) in [4.78, 5) is 13.1. The maximum atomic E-state index is 11.2. The SMILES string of the molecule is CC([NH3+])C(=O)N1CCSC1. The monoisotopic (exact) mass is 161 g/mol. The van der Waals surface area contributed by atoms with E-state index in [1.807, 2.05) is 11.8 Å². The summed E-state index contributed by atoms with van der Waals surface area (Å²) in [6.07, 6.45) is 0. The van der Waals surface area contributed by atoms with Gasteiger partial charge in [0.1, 0.15) is 0 Å². The molecule has 0 spiro atoms. The van der Waals surface area contributed by atoms with Crippen LogP contribution in [0.25, 0.3) is 0 Å². The second-order valence-electron chi connectivity index (χ2n) is 2.54. The van der Waals surface area contributed by atoms with E-state index in [0.29, 0.717) is 0 Å². The van der Waals surface area contributed by atoms with Crippen molar-refractivity contribution in [2.45, 2.75) is 13.0 Å². The zero-order chi connectivity index (χ0) is 7.56. The molecule has 0 aromatic carbocycles. The van der Waals surface area contributed by atoms with E-state index in [1.165, 1.54) is 0 Å². The molecule has 1 atom stereocenters. The maximum Gasteiger partial charge on any atom is 0.281 e. The zero-order valence-corrected chi connectivity index (χ0v) is 6.99. The summed E-state index contributed by atoms with van der Waals surface area (Å²) < 4.78 is 0. The molecule has 0 aromatic heterocycles. The van der Waals surface area contributed by atoms with Gasteiger partial charge >= 0.3 is 0 Å². The minimum Gasteiger partial charge on any atom is -0.348 e. The van der Waals surface area contributed by atoms with Gasteiger partial charge in [0.05, 0.1) is 5.88 Å². The van der Waals surface area contributed by atoms with Gasteiger partial charge in [-0.05, 0) is 6.92 Å². The normalized spacial score (nSPS) is 21.2. The highest BCUT2D eigenvalue weighted by Gasteiger charge is 2.22. The summed E-state index contributed by atoms with van der Waals surface area (Å²) in [5.41, 5.74) is 3.68. The number of quaternary nitrogens is 1. The molecule has 1 aliphatic rings. The molecule has 1 rings (SSSR count). The summed E-state index contributed by atoms with van der Waals surface area (Å²) >= 11 is 1.81. The van der Waals surface area contributed by atoms with Crippen LogP contribution < -0.4 is 5.73 Å². The summed E-state index contributed by atoms with van der Waals surface area (Å²) in [7, 11) is 0. The number of carbonyl (C=O) groups is 1.